The molecular formula is C19H23N5O2. The highest BCUT2D eigenvalue weighted by atomic mass is 16.3. The van der Waals surface area contributed by atoms with Gasteiger partial charge in [-0.3, -0.25) is 4.79 Å². The lowest BCUT2D eigenvalue weighted by molar-refractivity contribution is 0.0948. The highest BCUT2D eigenvalue weighted by molar-refractivity contribution is 5.93. The largest absolute Gasteiger partial charge is 0.461 e. The van der Waals surface area contributed by atoms with E-state index in [4.69, 9.17) is 4.42 Å². The molecule has 3 aromatic rings. The van der Waals surface area contributed by atoms with Gasteiger partial charge in [0.1, 0.15) is 11.3 Å². The van der Waals surface area contributed by atoms with Crippen molar-refractivity contribution in [3.05, 3.63) is 47.5 Å². The molecule has 2 N–H and O–H groups in total. The SMILES string of the molecule is Cc1c(C(=O)NCCc2cc3ccccc3o2)nnn1C1CCNCC1. The topological polar surface area (TPSA) is 85.0 Å². The summed E-state index contributed by atoms with van der Waals surface area (Å²) in [7, 11) is 0. The summed E-state index contributed by atoms with van der Waals surface area (Å²) in [4.78, 5) is 12.5. The van der Waals surface area contributed by atoms with Crippen LogP contribution < -0.4 is 10.6 Å². The predicted molar refractivity (Wildman–Crippen MR) is 98.2 cm³/mol. The third kappa shape index (κ3) is 3.35. The first kappa shape index (κ1) is 16.8. The fourth-order valence-electron chi connectivity index (χ4n) is 3.49. The summed E-state index contributed by atoms with van der Waals surface area (Å²) in [5, 5.41) is 15.7. The molecule has 0 atom stereocenters. The Balaban J connectivity index is 1.36. The van der Waals surface area contributed by atoms with Crippen LogP contribution in [0.1, 0.15) is 40.8 Å². The fourth-order valence-corrected chi connectivity index (χ4v) is 3.49. The number of piperidine rings is 1. The number of aromatic nitrogens is 3. The van der Waals surface area contributed by atoms with Crippen molar-refractivity contribution in [2.45, 2.75) is 32.2 Å². The van der Waals surface area contributed by atoms with Crippen molar-refractivity contribution in [1.29, 1.82) is 0 Å². The van der Waals surface area contributed by atoms with Crippen LogP contribution in [0.25, 0.3) is 11.0 Å². The summed E-state index contributed by atoms with van der Waals surface area (Å²) >= 11 is 0. The standard InChI is InChI=1S/C19H23N5O2/c1-13-18(22-23-24(13)15-6-9-20-10-7-15)19(25)21-11-8-16-12-14-4-2-3-5-17(14)26-16/h2-5,12,15,20H,6-11H2,1H3,(H,21,25). The molecule has 1 amide bonds. The zero-order valence-corrected chi connectivity index (χ0v) is 14.9. The van der Waals surface area contributed by atoms with Crippen LogP contribution in [-0.4, -0.2) is 40.5 Å². The molecule has 1 aliphatic heterocycles. The monoisotopic (exact) mass is 353 g/mol. The van der Waals surface area contributed by atoms with Crippen LogP contribution in [-0.2, 0) is 6.42 Å². The Kier molecular flexibility index (Phi) is 4.71. The number of carbonyl (C=O) groups is 1. The van der Waals surface area contributed by atoms with Crippen LogP contribution in [0.2, 0.25) is 0 Å². The van der Waals surface area contributed by atoms with E-state index in [1.807, 2.05) is 41.9 Å². The minimum atomic E-state index is -0.182. The van der Waals surface area contributed by atoms with E-state index < -0.39 is 0 Å². The van der Waals surface area contributed by atoms with Gasteiger partial charge >= 0.3 is 0 Å². The van der Waals surface area contributed by atoms with E-state index in [0.717, 1.165) is 48.4 Å². The lowest BCUT2D eigenvalue weighted by Crippen LogP contribution is -2.30. The third-order valence-electron chi connectivity index (χ3n) is 4.93. The molecule has 1 fully saturated rings. The molecule has 2 aromatic heterocycles. The minimum absolute atomic E-state index is 0.182. The molecular weight excluding hydrogens is 330 g/mol. The van der Waals surface area contributed by atoms with E-state index in [1.54, 1.807) is 0 Å². The van der Waals surface area contributed by atoms with Gasteiger partial charge in [-0.05, 0) is 45.0 Å². The van der Waals surface area contributed by atoms with Gasteiger partial charge in [0.2, 0.25) is 0 Å². The number of rotatable bonds is 5. The Morgan fingerprint density at radius 2 is 2.15 bits per heavy atom. The van der Waals surface area contributed by atoms with Crippen LogP contribution in [0.15, 0.2) is 34.7 Å². The van der Waals surface area contributed by atoms with Crippen molar-refractivity contribution in [3.8, 4) is 0 Å². The quantitative estimate of drug-likeness (QED) is 0.735. The van der Waals surface area contributed by atoms with Crippen molar-refractivity contribution >= 4 is 16.9 Å². The second-order valence-electron chi connectivity index (χ2n) is 6.71. The summed E-state index contributed by atoms with van der Waals surface area (Å²) in [6, 6.07) is 10.2. The Labute approximate surface area is 151 Å². The van der Waals surface area contributed by atoms with Crippen LogP contribution in [0.3, 0.4) is 0 Å². The van der Waals surface area contributed by atoms with Crippen molar-refractivity contribution in [3.63, 3.8) is 0 Å². The Bertz CT molecular complexity index is 875. The maximum Gasteiger partial charge on any atom is 0.273 e. The van der Waals surface area contributed by atoms with Crippen molar-refractivity contribution < 1.29 is 9.21 Å². The van der Waals surface area contributed by atoms with Crippen molar-refractivity contribution in [2.24, 2.45) is 0 Å². The fraction of sp³-hybridized carbons (Fsp3) is 0.421. The lowest BCUT2D eigenvalue weighted by Gasteiger charge is -2.23. The molecule has 7 nitrogen and oxygen atoms in total. The van der Waals surface area contributed by atoms with Crippen LogP contribution in [0, 0.1) is 6.92 Å². The average molecular weight is 353 g/mol. The molecule has 0 spiro atoms. The molecule has 0 bridgehead atoms. The summed E-state index contributed by atoms with van der Waals surface area (Å²) in [5.74, 6) is 0.681. The molecule has 136 valence electrons. The van der Waals surface area contributed by atoms with Crippen LogP contribution in [0.5, 0.6) is 0 Å². The van der Waals surface area contributed by atoms with Gasteiger partial charge in [0.15, 0.2) is 5.69 Å². The highest BCUT2D eigenvalue weighted by Gasteiger charge is 2.22. The van der Waals surface area contributed by atoms with E-state index in [0.29, 0.717) is 24.7 Å². The van der Waals surface area contributed by atoms with E-state index in [2.05, 4.69) is 20.9 Å². The Hall–Kier alpha value is -2.67. The number of hydrogen-bond donors (Lipinski definition) is 2. The molecule has 3 heterocycles. The molecule has 4 rings (SSSR count). The van der Waals surface area contributed by atoms with E-state index in [1.165, 1.54) is 0 Å². The van der Waals surface area contributed by atoms with E-state index in [9.17, 15) is 4.79 Å². The van der Waals surface area contributed by atoms with E-state index >= 15 is 0 Å². The molecule has 7 heteroatoms. The molecule has 0 radical (unpaired) electrons. The first-order valence-corrected chi connectivity index (χ1v) is 9.10. The smallest absolute Gasteiger partial charge is 0.273 e. The molecule has 0 unspecified atom stereocenters. The summed E-state index contributed by atoms with van der Waals surface area (Å²) in [6.45, 7) is 4.36. The first-order chi connectivity index (χ1) is 12.7. The number of carbonyl (C=O) groups excluding carboxylic acids is 1. The van der Waals surface area contributed by atoms with Crippen LogP contribution >= 0.6 is 0 Å². The number of fused-ring (bicyclic) bond motifs is 1. The van der Waals surface area contributed by atoms with Gasteiger partial charge in [-0.15, -0.1) is 5.10 Å². The number of hydrogen-bond acceptors (Lipinski definition) is 5. The minimum Gasteiger partial charge on any atom is -0.461 e. The van der Waals surface area contributed by atoms with Gasteiger partial charge in [0, 0.05) is 18.4 Å². The summed E-state index contributed by atoms with van der Waals surface area (Å²) in [6.07, 6.45) is 2.66. The molecule has 0 saturated carbocycles. The highest BCUT2D eigenvalue weighted by Crippen LogP contribution is 2.21. The maximum atomic E-state index is 12.5. The van der Waals surface area contributed by atoms with Gasteiger partial charge in [-0.2, -0.15) is 0 Å². The van der Waals surface area contributed by atoms with Gasteiger partial charge < -0.3 is 15.1 Å². The second kappa shape index (κ2) is 7.29. The predicted octanol–water partition coefficient (Wildman–Crippen LogP) is 2.23. The number of para-hydroxylation sites is 1. The molecule has 0 aliphatic carbocycles. The normalized spacial score (nSPS) is 15.4. The summed E-state index contributed by atoms with van der Waals surface area (Å²) < 4.78 is 7.67. The Morgan fingerprint density at radius 3 is 2.96 bits per heavy atom. The van der Waals surface area contributed by atoms with Crippen molar-refractivity contribution in [2.75, 3.05) is 19.6 Å². The third-order valence-corrected chi connectivity index (χ3v) is 4.93. The maximum absolute atomic E-state index is 12.5. The number of nitrogens with zero attached hydrogens (tertiary/aromatic N) is 3. The molecule has 26 heavy (non-hydrogen) atoms. The number of nitrogens with one attached hydrogen (secondary N) is 2. The second-order valence-corrected chi connectivity index (χ2v) is 6.71. The Morgan fingerprint density at radius 1 is 1.35 bits per heavy atom. The molecule has 1 saturated heterocycles. The number of furan rings is 1. The summed E-state index contributed by atoms with van der Waals surface area (Å²) in [5.41, 5.74) is 2.11. The van der Waals surface area contributed by atoms with Gasteiger partial charge in [0.25, 0.3) is 5.91 Å². The van der Waals surface area contributed by atoms with E-state index in [-0.39, 0.29) is 5.91 Å². The van der Waals surface area contributed by atoms with Gasteiger partial charge in [0.05, 0.1) is 11.7 Å². The van der Waals surface area contributed by atoms with Gasteiger partial charge in [-0.1, -0.05) is 23.4 Å². The zero-order valence-electron chi connectivity index (χ0n) is 14.9. The first-order valence-electron chi connectivity index (χ1n) is 9.10. The number of amides is 1. The zero-order chi connectivity index (χ0) is 17.9. The molecule has 1 aliphatic rings. The lowest BCUT2D eigenvalue weighted by atomic mass is 10.1. The number of benzene rings is 1. The average Bonchev–Trinajstić information content (AvgIpc) is 3.25. The van der Waals surface area contributed by atoms with Crippen LogP contribution in [0.4, 0.5) is 0 Å². The van der Waals surface area contributed by atoms with Gasteiger partial charge in [-0.25, -0.2) is 4.68 Å². The molecule has 1 aromatic carbocycles. The van der Waals surface area contributed by atoms with Crippen molar-refractivity contribution in [1.82, 2.24) is 25.6 Å².